The number of hydrogen-bond donors (Lipinski definition) is 0. The van der Waals surface area contributed by atoms with Gasteiger partial charge in [-0.1, -0.05) is 63.2 Å². The third kappa shape index (κ3) is 1.52. The minimum Gasteiger partial charge on any atom is -0.0616 e. The van der Waals surface area contributed by atoms with E-state index in [1.54, 1.807) is 0 Å². The van der Waals surface area contributed by atoms with Crippen LogP contribution >= 0.6 is 0 Å². The van der Waals surface area contributed by atoms with E-state index in [4.69, 9.17) is 0 Å². The average molecular weight is 184 g/mol. The zero-order valence-corrected chi connectivity index (χ0v) is 9.04. The van der Waals surface area contributed by atoms with E-state index >= 15 is 0 Å². The molecule has 0 heteroatoms. The molecule has 0 amide bonds. The highest BCUT2D eigenvalue weighted by atomic mass is 14.2. The Labute approximate surface area is 85.6 Å². The van der Waals surface area contributed by atoms with E-state index in [2.05, 4.69) is 63.2 Å². The molecule has 2 rings (SSSR count). The second kappa shape index (κ2) is 3.13. The van der Waals surface area contributed by atoms with Crippen molar-refractivity contribution in [1.29, 1.82) is 0 Å². The van der Waals surface area contributed by atoms with Crippen LogP contribution in [-0.4, -0.2) is 0 Å². The first-order valence-corrected chi connectivity index (χ1v) is 5.07. The zero-order valence-electron chi connectivity index (χ0n) is 9.04. The van der Waals surface area contributed by atoms with Crippen LogP contribution in [0.1, 0.15) is 26.3 Å². The van der Waals surface area contributed by atoms with Gasteiger partial charge < -0.3 is 0 Å². The highest BCUT2D eigenvalue weighted by Crippen LogP contribution is 2.29. The molecule has 0 aromatic heterocycles. The van der Waals surface area contributed by atoms with Gasteiger partial charge in [0.2, 0.25) is 0 Å². The summed E-state index contributed by atoms with van der Waals surface area (Å²) < 4.78 is 0. The summed E-state index contributed by atoms with van der Waals surface area (Å²) in [5.41, 5.74) is 1.65. The van der Waals surface area contributed by atoms with Crippen molar-refractivity contribution in [3.8, 4) is 0 Å². The Kier molecular flexibility index (Phi) is 2.07. The lowest BCUT2D eigenvalue weighted by atomic mass is 9.84. The standard InChI is InChI=1S/C14H16/c1-14(2,3)13-10-6-8-11-7-4-5-9-12(11)13/h4-10H,1-3H3. The van der Waals surface area contributed by atoms with Crippen LogP contribution in [0.15, 0.2) is 42.5 Å². The summed E-state index contributed by atoms with van der Waals surface area (Å²) in [6.07, 6.45) is 0. The maximum absolute atomic E-state index is 2.26. The summed E-state index contributed by atoms with van der Waals surface area (Å²) >= 11 is 0. The molecule has 0 spiro atoms. The van der Waals surface area contributed by atoms with Crippen molar-refractivity contribution in [1.82, 2.24) is 0 Å². The van der Waals surface area contributed by atoms with Gasteiger partial charge in [0.05, 0.1) is 0 Å². The number of rotatable bonds is 0. The van der Waals surface area contributed by atoms with Gasteiger partial charge in [0.25, 0.3) is 0 Å². The van der Waals surface area contributed by atoms with Crippen LogP contribution in [0.4, 0.5) is 0 Å². The second-order valence-corrected chi connectivity index (χ2v) is 4.78. The van der Waals surface area contributed by atoms with E-state index in [0.717, 1.165) is 0 Å². The van der Waals surface area contributed by atoms with Crippen molar-refractivity contribution >= 4 is 10.8 Å². The predicted octanol–water partition coefficient (Wildman–Crippen LogP) is 4.14. The van der Waals surface area contributed by atoms with Crippen LogP contribution < -0.4 is 0 Å². The molecule has 2 aromatic rings. The average Bonchev–Trinajstić information content (AvgIpc) is 2.15. The fourth-order valence-corrected chi connectivity index (χ4v) is 1.88. The number of hydrogen-bond acceptors (Lipinski definition) is 0. The quantitative estimate of drug-likeness (QED) is 0.577. The number of fused-ring (bicyclic) bond motifs is 1. The Morgan fingerprint density at radius 1 is 0.786 bits per heavy atom. The maximum atomic E-state index is 2.26. The van der Waals surface area contributed by atoms with Gasteiger partial charge in [-0.15, -0.1) is 0 Å². The summed E-state index contributed by atoms with van der Waals surface area (Å²) in [5.74, 6) is 0. The van der Waals surface area contributed by atoms with Gasteiger partial charge in [0.1, 0.15) is 0 Å². The van der Waals surface area contributed by atoms with Crippen molar-refractivity contribution in [3.63, 3.8) is 0 Å². The summed E-state index contributed by atoms with van der Waals surface area (Å²) in [5, 5.41) is 2.71. The molecule has 0 aliphatic heterocycles. The monoisotopic (exact) mass is 184 g/mol. The molecule has 0 aliphatic rings. The van der Waals surface area contributed by atoms with Crippen LogP contribution in [0, 0.1) is 0 Å². The number of benzene rings is 2. The highest BCUT2D eigenvalue weighted by Gasteiger charge is 2.15. The van der Waals surface area contributed by atoms with Crippen LogP contribution in [0.2, 0.25) is 0 Å². The molecule has 0 unspecified atom stereocenters. The van der Waals surface area contributed by atoms with Crippen molar-refractivity contribution in [3.05, 3.63) is 48.0 Å². The Hall–Kier alpha value is -1.30. The molecule has 0 nitrogen and oxygen atoms in total. The summed E-state index contributed by atoms with van der Waals surface area (Å²) in [6, 6.07) is 15.1. The third-order valence-electron chi connectivity index (χ3n) is 2.60. The van der Waals surface area contributed by atoms with Crippen LogP contribution in [0.3, 0.4) is 0 Å². The summed E-state index contributed by atoms with van der Waals surface area (Å²) in [7, 11) is 0. The molecule has 0 saturated carbocycles. The largest absolute Gasteiger partial charge is 0.0616 e. The van der Waals surface area contributed by atoms with E-state index in [1.165, 1.54) is 16.3 Å². The van der Waals surface area contributed by atoms with Gasteiger partial charge in [0, 0.05) is 0 Å². The molecule has 0 atom stereocenters. The van der Waals surface area contributed by atoms with E-state index in [-0.39, 0.29) is 5.41 Å². The molecule has 14 heavy (non-hydrogen) atoms. The maximum Gasteiger partial charge on any atom is -0.0126 e. The van der Waals surface area contributed by atoms with Gasteiger partial charge in [-0.05, 0) is 21.8 Å². The molecule has 0 heterocycles. The molecule has 0 N–H and O–H groups in total. The molecule has 0 fully saturated rings. The van der Waals surface area contributed by atoms with Gasteiger partial charge >= 0.3 is 0 Å². The van der Waals surface area contributed by atoms with E-state index in [0.29, 0.717) is 0 Å². The third-order valence-corrected chi connectivity index (χ3v) is 2.60. The zero-order chi connectivity index (χ0) is 10.2. The van der Waals surface area contributed by atoms with Gasteiger partial charge in [-0.2, -0.15) is 0 Å². The first-order chi connectivity index (χ1) is 6.59. The van der Waals surface area contributed by atoms with Crippen molar-refractivity contribution < 1.29 is 0 Å². The fraction of sp³-hybridized carbons (Fsp3) is 0.286. The minimum atomic E-state index is 0.223. The molecule has 72 valence electrons. The fourth-order valence-electron chi connectivity index (χ4n) is 1.88. The van der Waals surface area contributed by atoms with Crippen molar-refractivity contribution in [2.75, 3.05) is 0 Å². The van der Waals surface area contributed by atoms with Gasteiger partial charge in [0.15, 0.2) is 0 Å². The summed E-state index contributed by atoms with van der Waals surface area (Å²) in [4.78, 5) is 0. The van der Waals surface area contributed by atoms with Gasteiger partial charge in [-0.25, -0.2) is 0 Å². The predicted molar refractivity (Wildman–Crippen MR) is 62.6 cm³/mol. The molecule has 0 bridgehead atoms. The lowest BCUT2D eigenvalue weighted by Crippen LogP contribution is -2.11. The second-order valence-electron chi connectivity index (χ2n) is 4.78. The van der Waals surface area contributed by atoms with Crippen molar-refractivity contribution in [2.45, 2.75) is 26.2 Å². The van der Waals surface area contributed by atoms with E-state index < -0.39 is 0 Å². The SMILES string of the molecule is CC(C)(C)c1cccc2ccccc12. The first kappa shape index (κ1) is 9.26. The van der Waals surface area contributed by atoms with Crippen LogP contribution in [-0.2, 0) is 5.41 Å². The molecule has 0 radical (unpaired) electrons. The Morgan fingerprint density at radius 3 is 2.14 bits per heavy atom. The Balaban J connectivity index is 2.78. The molecule has 0 saturated heterocycles. The highest BCUT2D eigenvalue weighted by molar-refractivity contribution is 5.86. The smallest absolute Gasteiger partial charge is 0.0126 e. The van der Waals surface area contributed by atoms with E-state index in [1.807, 2.05) is 0 Å². The van der Waals surface area contributed by atoms with Crippen molar-refractivity contribution in [2.24, 2.45) is 0 Å². The Morgan fingerprint density at radius 2 is 1.43 bits per heavy atom. The lowest BCUT2D eigenvalue weighted by Gasteiger charge is -2.21. The lowest BCUT2D eigenvalue weighted by molar-refractivity contribution is 0.596. The minimum absolute atomic E-state index is 0.223. The first-order valence-electron chi connectivity index (χ1n) is 5.07. The molecular formula is C14H16. The Bertz CT molecular complexity index is 442. The molecule has 2 aromatic carbocycles. The topological polar surface area (TPSA) is 0 Å². The van der Waals surface area contributed by atoms with Gasteiger partial charge in [-0.3, -0.25) is 0 Å². The molecular weight excluding hydrogens is 168 g/mol. The molecule has 0 aliphatic carbocycles. The normalized spacial score (nSPS) is 11.9. The van der Waals surface area contributed by atoms with Crippen LogP contribution in [0.5, 0.6) is 0 Å². The van der Waals surface area contributed by atoms with E-state index in [9.17, 15) is 0 Å². The van der Waals surface area contributed by atoms with Crippen LogP contribution in [0.25, 0.3) is 10.8 Å². The summed E-state index contributed by atoms with van der Waals surface area (Å²) in [6.45, 7) is 6.78.